The van der Waals surface area contributed by atoms with Gasteiger partial charge in [-0.1, -0.05) is 6.07 Å². The molecule has 0 bridgehead atoms. The molecule has 0 radical (unpaired) electrons. The summed E-state index contributed by atoms with van der Waals surface area (Å²) in [6.45, 7) is 0.244. The van der Waals surface area contributed by atoms with Crippen molar-refractivity contribution in [2.24, 2.45) is 5.11 Å². The number of hydrogen-bond donors (Lipinski definition) is 3. The van der Waals surface area contributed by atoms with Crippen LogP contribution in [-0.4, -0.2) is 34.2 Å². The summed E-state index contributed by atoms with van der Waals surface area (Å²) in [4.78, 5) is 4.06. The minimum Gasteiger partial charge on any atom is -0.479 e. The summed E-state index contributed by atoms with van der Waals surface area (Å²) in [7, 11) is 1.47. The molecule has 1 aromatic carbocycles. The fraction of sp³-hybridized carbons (Fsp3) is 0.250. The summed E-state index contributed by atoms with van der Waals surface area (Å²) < 4.78 is 33.2. The van der Waals surface area contributed by atoms with Crippen molar-refractivity contribution in [1.82, 2.24) is 14.6 Å². The van der Waals surface area contributed by atoms with Crippen LogP contribution in [0.3, 0.4) is 0 Å². The molecule has 136 valence electrons. The number of aromatic nitrogens is 3. The van der Waals surface area contributed by atoms with Gasteiger partial charge < -0.3 is 15.8 Å². The fourth-order valence-electron chi connectivity index (χ4n) is 2.58. The number of nitrogens with two attached hydrogens (primary N) is 1. The standard InChI is InChI=1S/C16H17F2N7O/c1-16(17,18)8-21-12-7-9(3-4-11(12)23-20)10-5-6-25-13(10)14(26-2)22-15(19)24-25/h3-7,20-21H,8H2,1-2H3,(H2,19,24). The van der Waals surface area contributed by atoms with E-state index >= 15 is 0 Å². The molecule has 2 aromatic heterocycles. The van der Waals surface area contributed by atoms with Crippen molar-refractivity contribution in [2.45, 2.75) is 12.8 Å². The van der Waals surface area contributed by atoms with Gasteiger partial charge in [-0.2, -0.15) is 10.1 Å². The van der Waals surface area contributed by atoms with Crippen LogP contribution in [-0.2, 0) is 0 Å². The Bertz CT molecular complexity index is 965. The molecule has 4 N–H and O–H groups in total. The highest BCUT2D eigenvalue weighted by Crippen LogP contribution is 2.36. The molecule has 2 heterocycles. The van der Waals surface area contributed by atoms with E-state index in [1.165, 1.54) is 11.6 Å². The number of nitrogen functional groups attached to an aromatic ring is 1. The summed E-state index contributed by atoms with van der Waals surface area (Å²) in [6.07, 6.45) is 1.70. The fourth-order valence-corrected chi connectivity index (χ4v) is 2.58. The normalized spacial score (nSPS) is 11.5. The van der Waals surface area contributed by atoms with Crippen LogP contribution in [0.5, 0.6) is 5.88 Å². The van der Waals surface area contributed by atoms with E-state index in [-0.39, 0.29) is 11.6 Å². The molecule has 0 atom stereocenters. The average Bonchev–Trinajstić information content (AvgIpc) is 3.02. The van der Waals surface area contributed by atoms with Crippen molar-refractivity contribution in [3.63, 3.8) is 0 Å². The van der Waals surface area contributed by atoms with Crippen LogP contribution in [0, 0.1) is 5.53 Å². The van der Waals surface area contributed by atoms with Gasteiger partial charge in [0, 0.05) is 18.7 Å². The minimum atomic E-state index is -2.90. The summed E-state index contributed by atoms with van der Waals surface area (Å²) in [5.41, 5.74) is 15.5. The van der Waals surface area contributed by atoms with E-state index in [1.54, 1.807) is 30.5 Å². The molecule has 3 aromatic rings. The number of ether oxygens (including phenoxy) is 1. The highest BCUT2D eigenvalue weighted by molar-refractivity contribution is 5.87. The zero-order chi connectivity index (χ0) is 18.9. The van der Waals surface area contributed by atoms with Gasteiger partial charge in [0.15, 0.2) is 0 Å². The van der Waals surface area contributed by atoms with Crippen LogP contribution in [0.25, 0.3) is 16.6 Å². The summed E-state index contributed by atoms with van der Waals surface area (Å²) in [5.74, 6) is -2.54. The number of rotatable bonds is 6. The third kappa shape index (κ3) is 3.39. The quantitative estimate of drug-likeness (QED) is 0.579. The first-order valence-corrected chi connectivity index (χ1v) is 7.65. The zero-order valence-corrected chi connectivity index (χ0v) is 14.1. The molecular weight excluding hydrogens is 344 g/mol. The number of alkyl halides is 2. The first-order chi connectivity index (χ1) is 12.3. The van der Waals surface area contributed by atoms with Crippen molar-refractivity contribution < 1.29 is 13.5 Å². The number of halogens is 2. The number of hydrogen-bond acceptors (Lipinski definition) is 7. The summed E-state index contributed by atoms with van der Waals surface area (Å²) in [6, 6.07) is 6.74. The van der Waals surface area contributed by atoms with Crippen molar-refractivity contribution in [2.75, 3.05) is 24.7 Å². The largest absolute Gasteiger partial charge is 0.479 e. The highest BCUT2D eigenvalue weighted by Gasteiger charge is 2.21. The third-order valence-electron chi connectivity index (χ3n) is 3.71. The molecular formula is C16H17F2N7O. The Hall–Kier alpha value is -3.30. The second-order valence-corrected chi connectivity index (χ2v) is 5.77. The Morgan fingerprint density at radius 2 is 2.15 bits per heavy atom. The third-order valence-corrected chi connectivity index (χ3v) is 3.71. The molecule has 0 saturated carbocycles. The van der Waals surface area contributed by atoms with Gasteiger partial charge >= 0.3 is 0 Å². The van der Waals surface area contributed by atoms with Crippen LogP contribution < -0.4 is 15.8 Å². The second kappa shape index (κ2) is 6.54. The SMILES string of the molecule is COc1nc(N)nn2ccc(-c3ccc(N=N)c(NCC(C)(F)F)c3)c12. The van der Waals surface area contributed by atoms with E-state index in [4.69, 9.17) is 16.0 Å². The minimum absolute atomic E-state index is 0.0624. The molecule has 0 saturated heterocycles. The molecule has 0 spiro atoms. The van der Waals surface area contributed by atoms with Gasteiger partial charge in [0.05, 0.1) is 19.3 Å². The Balaban J connectivity index is 2.10. The number of nitrogens with one attached hydrogen (secondary N) is 2. The van der Waals surface area contributed by atoms with Gasteiger partial charge in [-0.3, -0.25) is 0 Å². The van der Waals surface area contributed by atoms with E-state index in [9.17, 15) is 8.78 Å². The molecule has 26 heavy (non-hydrogen) atoms. The van der Waals surface area contributed by atoms with Gasteiger partial charge in [-0.25, -0.2) is 18.8 Å². The van der Waals surface area contributed by atoms with Crippen LogP contribution in [0.1, 0.15) is 6.92 Å². The molecule has 10 heteroatoms. The molecule has 0 aliphatic heterocycles. The van der Waals surface area contributed by atoms with Crippen LogP contribution >= 0.6 is 0 Å². The van der Waals surface area contributed by atoms with Crippen molar-refractivity contribution in [3.05, 3.63) is 30.5 Å². The maximum atomic E-state index is 13.2. The maximum absolute atomic E-state index is 13.2. The van der Waals surface area contributed by atoms with Crippen LogP contribution in [0.4, 0.5) is 26.1 Å². The topological polar surface area (TPSA) is 114 Å². The van der Waals surface area contributed by atoms with E-state index < -0.39 is 12.5 Å². The molecule has 0 aliphatic rings. The number of benzene rings is 1. The second-order valence-electron chi connectivity index (χ2n) is 5.77. The Morgan fingerprint density at radius 1 is 1.38 bits per heavy atom. The predicted molar refractivity (Wildman–Crippen MR) is 93.3 cm³/mol. The predicted octanol–water partition coefficient (Wildman–Crippen LogP) is 3.72. The summed E-state index contributed by atoms with van der Waals surface area (Å²) >= 11 is 0. The summed E-state index contributed by atoms with van der Waals surface area (Å²) in [5, 5.41) is 10.1. The maximum Gasteiger partial charge on any atom is 0.262 e. The van der Waals surface area contributed by atoms with Gasteiger partial charge in [-0.15, -0.1) is 5.10 Å². The number of methoxy groups -OCH3 is 1. The van der Waals surface area contributed by atoms with Crippen LogP contribution in [0.15, 0.2) is 35.6 Å². The molecule has 0 unspecified atom stereocenters. The molecule has 0 aliphatic carbocycles. The van der Waals surface area contributed by atoms with E-state index in [2.05, 4.69) is 20.5 Å². The Labute approximate surface area is 147 Å². The number of nitrogens with zero attached hydrogens (tertiary/aromatic N) is 4. The first-order valence-electron chi connectivity index (χ1n) is 7.65. The zero-order valence-electron chi connectivity index (χ0n) is 14.1. The average molecular weight is 361 g/mol. The lowest BCUT2D eigenvalue weighted by molar-refractivity contribution is 0.0368. The van der Waals surface area contributed by atoms with E-state index in [0.717, 1.165) is 12.5 Å². The Kier molecular flexibility index (Phi) is 4.41. The molecule has 8 nitrogen and oxygen atoms in total. The van der Waals surface area contributed by atoms with Gasteiger partial charge in [-0.05, 0) is 23.8 Å². The molecule has 0 fully saturated rings. The Morgan fingerprint density at radius 3 is 2.81 bits per heavy atom. The lowest BCUT2D eigenvalue weighted by Gasteiger charge is -2.15. The highest BCUT2D eigenvalue weighted by atomic mass is 19.3. The van der Waals surface area contributed by atoms with Crippen molar-refractivity contribution in [1.29, 1.82) is 5.53 Å². The monoisotopic (exact) mass is 361 g/mol. The molecule has 0 amide bonds. The van der Waals surface area contributed by atoms with Crippen LogP contribution in [0.2, 0.25) is 0 Å². The number of fused-ring (bicyclic) bond motifs is 1. The number of anilines is 2. The van der Waals surface area contributed by atoms with Gasteiger partial charge in [0.25, 0.3) is 5.92 Å². The van der Waals surface area contributed by atoms with E-state index in [0.29, 0.717) is 22.6 Å². The van der Waals surface area contributed by atoms with Crippen molar-refractivity contribution >= 4 is 22.8 Å². The van der Waals surface area contributed by atoms with Crippen molar-refractivity contribution in [3.8, 4) is 17.0 Å². The van der Waals surface area contributed by atoms with Gasteiger partial charge in [0.1, 0.15) is 11.2 Å². The lowest BCUT2D eigenvalue weighted by Crippen LogP contribution is -2.22. The lowest BCUT2D eigenvalue weighted by atomic mass is 10.1. The van der Waals surface area contributed by atoms with E-state index in [1.807, 2.05) is 0 Å². The van der Waals surface area contributed by atoms with Gasteiger partial charge in [0.2, 0.25) is 11.8 Å². The smallest absolute Gasteiger partial charge is 0.262 e. The molecule has 3 rings (SSSR count). The first kappa shape index (κ1) is 17.5.